The number of aromatic amines is 1. The van der Waals surface area contributed by atoms with Gasteiger partial charge >= 0.3 is 0 Å². The van der Waals surface area contributed by atoms with Crippen molar-refractivity contribution in [2.75, 3.05) is 11.9 Å². The summed E-state index contributed by atoms with van der Waals surface area (Å²) in [5.41, 5.74) is 1.23. The van der Waals surface area contributed by atoms with Crippen LogP contribution in [0.1, 0.15) is 18.4 Å². The lowest BCUT2D eigenvalue weighted by molar-refractivity contribution is -0.118. The Morgan fingerprint density at radius 1 is 1.47 bits per heavy atom. The van der Waals surface area contributed by atoms with E-state index in [1.807, 2.05) is 30.6 Å². The SMILES string of the molecule is CN(C(=O)CCCc1cc[nH]c1)c1cc(Br)ccn1. The first-order chi connectivity index (χ1) is 9.16. The van der Waals surface area contributed by atoms with E-state index in [4.69, 9.17) is 0 Å². The molecular weight excluding hydrogens is 306 g/mol. The van der Waals surface area contributed by atoms with Gasteiger partial charge < -0.3 is 4.98 Å². The van der Waals surface area contributed by atoms with Crippen LogP contribution in [0.3, 0.4) is 0 Å². The summed E-state index contributed by atoms with van der Waals surface area (Å²) >= 11 is 3.38. The van der Waals surface area contributed by atoms with Crippen LogP contribution < -0.4 is 4.90 Å². The molecule has 19 heavy (non-hydrogen) atoms. The lowest BCUT2D eigenvalue weighted by Gasteiger charge is -2.16. The van der Waals surface area contributed by atoms with E-state index in [0.717, 1.165) is 17.3 Å². The molecule has 0 aliphatic carbocycles. The van der Waals surface area contributed by atoms with Crippen LogP contribution in [-0.4, -0.2) is 22.9 Å². The van der Waals surface area contributed by atoms with Crippen LogP contribution >= 0.6 is 15.9 Å². The Balaban J connectivity index is 1.85. The summed E-state index contributed by atoms with van der Waals surface area (Å²) < 4.78 is 0.921. The average molecular weight is 322 g/mol. The molecule has 0 radical (unpaired) electrons. The van der Waals surface area contributed by atoms with Gasteiger partial charge in [0.1, 0.15) is 5.82 Å². The highest BCUT2D eigenvalue weighted by atomic mass is 79.9. The van der Waals surface area contributed by atoms with E-state index in [0.29, 0.717) is 12.2 Å². The van der Waals surface area contributed by atoms with Gasteiger partial charge in [-0.25, -0.2) is 4.98 Å². The van der Waals surface area contributed by atoms with Crippen LogP contribution in [0.5, 0.6) is 0 Å². The first-order valence-corrected chi connectivity index (χ1v) is 6.96. The molecule has 1 N–H and O–H groups in total. The molecule has 2 rings (SSSR count). The highest BCUT2D eigenvalue weighted by molar-refractivity contribution is 9.10. The van der Waals surface area contributed by atoms with Crippen LogP contribution in [0.4, 0.5) is 5.82 Å². The number of aromatic nitrogens is 2. The summed E-state index contributed by atoms with van der Waals surface area (Å²) in [6.07, 6.45) is 7.82. The van der Waals surface area contributed by atoms with Gasteiger partial charge in [0.05, 0.1) is 0 Å². The first-order valence-electron chi connectivity index (χ1n) is 6.16. The van der Waals surface area contributed by atoms with E-state index in [1.54, 1.807) is 18.1 Å². The Hall–Kier alpha value is -1.62. The zero-order valence-electron chi connectivity index (χ0n) is 10.8. The molecule has 0 spiro atoms. The number of nitrogens with zero attached hydrogens (tertiary/aromatic N) is 2. The van der Waals surface area contributed by atoms with E-state index in [9.17, 15) is 4.79 Å². The van der Waals surface area contributed by atoms with Gasteiger partial charge in [0.25, 0.3) is 0 Å². The maximum atomic E-state index is 12.0. The molecule has 0 atom stereocenters. The monoisotopic (exact) mass is 321 g/mol. The third kappa shape index (κ3) is 3.92. The van der Waals surface area contributed by atoms with E-state index in [-0.39, 0.29) is 5.91 Å². The second kappa shape index (κ2) is 6.52. The number of nitrogens with one attached hydrogen (secondary N) is 1. The van der Waals surface area contributed by atoms with Gasteiger partial charge in [-0.05, 0) is 36.6 Å². The first kappa shape index (κ1) is 13.8. The van der Waals surface area contributed by atoms with Gasteiger partial charge in [-0.15, -0.1) is 0 Å². The lowest BCUT2D eigenvalue weighted by atomic mass is 10.1. The largest absolute Gasteiger partial charge is 0.367 e. The van der Waals surface area contributed by atoms with Crippen molar-refractivity contribution in [1.82, 2.24) is 9.97 Å². The van der Waals surface area contributed by atoms with E-state index >= 15 is 0 Å². The van der Waals surface area contributed by atoms with Crippen LogP contribution in [0.2, 0.25) is 0 Å². The van der Waals surface area contributed by atoms with Gasteiger partial charge in [0.2, 0.25) is 5.91 Å². The summed E-state index contributed by atoms with van der Waals surface area (Å²) in [4.78, 5) is 20.8. The van der Waals surface area contributed by atoms with Gasteiger partial charge in [-0.2, -0.15) is 0 Å². The maximum absolute atomic E-state index is 12.0. The molecule has 5 heteroatoms. The van der Waals surface area contributed by atoms with Crippen LogP contribution in [0.25, 0.3) is 0 Å². The Labute approximate surface area is 121 Å². The fourth-order valence-electron chi connectivity index (χ4n) is 1.83. The predicted molar refractivity (Wildman–Crippen MR) is 79.1 cm³/mol. The molecule has 0 unspecified atom stereocenters. The molecule has 1 amide bonds. The van der Waals surface area contributed by atoms with Crippen LogP contribution in [0.15, 0.2) is 41.3 Å². The van der Waals surface area contributed by atoms with Crippen molar-refractivity contribution in [3.63, 3.8) is 0 Å². The molecule has 0 saturated carbocycles. The van der Waals surface area contributed by atoms with Crippen LogP contribution in [0, 0.1) is 0 Å². The number of pyridine rings is 1. The normalized spacial score (nSPS) is 10.4. The molecule has 0 fully saturated rings. The minimum absolute atomic E-state index is 0.0844. The summed E-state index contributed by atoms with van der Waals surface area (Å²) in [7, 11) is 1.76. The summed E-state index contributed by atoms with van der Waals surface area (Å²) in [5.74, 6) is 0.752. The second-order valence-electron chi connectivity index (χ2n) is 4.36. The minimum atomic E-state index is 0.0844. The number of rotatable bonds is 5. The quantitative estimate of drug-likeness (QED) is 0.919. The van der Waals surface area contributed by atoms with Crippen molar-refractivity contribution in [3.05, 3.63) is 46.8 Å². The molecule has 0 aromatic carbocycles. The Kier molecular flexibility index (Phi) is 4.74. The number of H-pyrrole nitrogens is 1. The third-order valence-electron chi connectivity index (χ3n) is 2.94. The topological polar surface area (TPSA) is 49.0 Å². The molecule has 0 bridgehead atoms. The molecule has 2 aromatic rings. The van der Waals surface area contributed by atoms with Gasteiger partial charge in [-0.1, -0.05) is 15.9 Å². The van der Waals surface area contributed by atoms with Crippen LogP contribution in [-0.2, 0) is 11.2 Å². The number of carbonyl (C=O) groups is 1. The highest BCUT2D eigenvalue weighted by Crippen LogP contribution is 2.17. The zero-order chi connectivity index (χ0) is 13.7. The molecular formula is C14H16BrN3O. The number of anilines is 1. The average Bonchev–Trinajstić information content (AvgIpc) is 2.91. The van der Waals surface area contributed by atoms with Gasteiger partial charge in [-0.3, -0.25) is 9.69 Å². The van der Waals surface area contributed by atoms with Crippen molar-refractivity contribution >= 4 is 27.7 Å². The summed E-state index contributed by atoms with van der Waals surface area (Å²) in [5, 5.41) is 0. The van der Waals surface area contributed by atoms with Crippen molar-refractivity contribution in [3.8, 4) is 0 Å². The fourth-order valence-corrected chi connectivity index (χ4v) is 2.15. The number of hydrogen-bond donors (Lipinski definition) is 1. The predicted octanol–water partition coefficient (Wildman–Crippen LogP) is 3.16. The molecule has 0 saturated heterocycles. The number of carbonyl (C=O) groups excluding carboxylic acids is 1. The Morgan fingerprint density at radius 3 is 3.00 bits per heavy atom. The number of amides is 1. The molecule has 0 aliphatic rings. The summed E-state index contributed by atoms with van der Waals surface area (Å²) in [6, 6.07) is 5.71. The number of hydrogen-bond acceptors (Lipinski definition) is 2. The van der Waals surface area contributed by atoms with Crippen molar-refractivity contribution in [1.29, 1.82) is 0 Å². The second-order valence-corrected chi connectivity index (χ2v) is 5.27. The van der Waals surface area contributed by atoms with E-state index in [1.165, 1.54) is 5.56 Å². The molecule has 4 nitrogen and oxygen atoms in total. The standard InChI is InChI=1S/C14H16BrN3O/c1-18(13-9-12(15)6-8-17-13)14(19)4-2-3-11-5-7-16-10-11/h5-10,16H,2-4H2,1H3. The van der Waals surface area contributed by atoms with Crippen molar-refractivity contribution in [2.45, 2.75) is 19.3 Å². The Bertz CT molecular complexity index is 539. The maximum Gasteiger partial charge on any atom is 0.227 e. The molecule has 100 valence electrons. The minimum Gasteiger partial charge on any atom is -0.367 e. The van der Waals surface area contributed by atoms with Crippen molar-refractivity contribution < 1.29 is 4.79 Å². The molecule has 2 aromatic heterocycles. The summed E-state index contributed by atoms with van der Waals surface area (Å²) in [6.45, 7) is 0. The van der Waals surface area contributed by atoms with Gasteiger partial charge in [0, 0.05) is 36.5 Å². The molecule has 0 aliphatic heterocycles. The zero-order valence-corrected chi connectivity index (χ0v) is 12.4. The lowest BCUT2D eigenvalue weighted by Crippen LogP contribution is -2.26. The highest BCUT2D eigenvalue weighted by Gasteiger charge is 2.11. The van der Waals surface area contributed by atoms with Crippen molar-refractivity contribution in [2.24, 2.45) is 0 Å². The Morgan fingerprint density at radius 2 is 2.32 bits per heavy atom. The number of halogens is 1. The van der Waals surface area contributed by atoms with E-state index in [2.05, 4.69) is 25.9 Å². The molecule has 2 heterocycles. The third-order valence-corrected chi connectivity index (χ3v) is 3.44. The van der Waals surface area contributed by atoms with Gasteiger partial charge in [0.15, 0.2) is 0 Å². The number of aryl methyl sites for hydroxylation is 1. The van der Waals surface area contributed by atoms with E-state index < -0.39 is 0 Å². The fraction of sp³-hybridized carbons (Fsp3) is 0.286. The smallest absolute Gasteiger partial charge is 0.227 e.